The first kappa shape index (κ1) is 26.9. The lowest BCUT2D eigenvalue weighted by Crippen LogP contribution is -2.43. The van der Waals surface area contributed by atoms with E-state index >= 15 is 0 Å². The molecule has 0 bridgehead atoms. The van der Waals surface area contributed by atoms with E-state index in [2.05, 4.69) is 64.9 Å². The van der Waals surface area contributed by atoms with E-state index in [4.69, 9.17) is 4.74 Å². The molecule has 5 heteroatoms. The molecule has 5 nitrogen and oxygen atoms in total. The largest absolute Gasteiger partial charge is 0.444 e. The first-order valence-electron chi connectivity index (χ1n) is 13.6. The van der Waals surface area contributed by atoms with Crippen LogP contribution in [0.4, 0.5) is 4.79 Å². The molecule has 0 aliphatic heterocycles. The van der Waals surface area contributed by atoms with E-state index in [0.717, 1.165) is 37.2 Å². The standard InChI is InChI=1S/C32H41N3O2/c1-24-10-11-27(22-34-24)21-33-20-25-12-16-28(17-13-25)29-18-14-26(15-19-29)23-35(30-8-6-5-7-9-30)31(36)37-32(2,3)4/h10-19,22,30,33H,5-9,20-21,23H2,1-4H3. The molecule has 1 saturated carbocycles. The maximum Gasteiger partial charge on any atom is 0.410 e. The minimum Gasteiger partial charge on any atom is -0.444 e. The first-order valence-corrected chi connectivity index (χ1v) is 13.6. The number of aryl methyl sites for hydroxylation is 1. The van der Waals surface area contributed by atoms with Crippen LogP contribution in [0.2, 0.25) is 0 Å². The number of ether oxygens (including phenoxy) is 1. The Morgan fingerprint density at radius 3 is 2.00 bits per heavy atom. The molecule has 1 aliphatic carbocycles. The van der Waals surface area contributed by atoms with Crippen molar-refractivity contribution in [2.45, 2.75) is 91.1 Å². The molecule has 1 heterocycles. The van der Waals surface area contributed by atoms with Crippen molar-refractivity contribution in [2.24, 2.45) is 0 Å². The number of hydrogen-bond acceptors (Lipinski definition) is 4. The van der Waals surface area contributed by atoms with Gasteiger partial charge in [0, 0.05) is 37.6 Å². The molecule has 2 aromatic carbocycles. The second-order valence-electron chi connectivity index (χ2n) is 11.2. The minimum atomic E-state index is -0.493. The number of nitrogens with zero attached hydrogens (tertiary/aromatic N) is 2. The molecule has 0 unspecified atom stereocenters. The molecule has 196 valence electrons. The zero-order valence-corrected chi connectivity index (χ0v) is 22.8. The number of nitrogens with one attached hydrogen (secondary N) is 1. The Labute approximate surface area is 222 Å². The summed E-state index contributed by atoms with van der Waals surface area (Å²) in [4.78, 5) is 19.4. The fourth-order valence-corrected chi connectivity index (χ4v) is 4.82. The SMILES string of the molecule is Cc1ccc(CNCc2ccc(-c3ccc(CN(C(=O)OC(C)(C)C)C4CCCCC4)cc3)cc2)cn1. The molecule has 0 saturated heterocycles. The summed E-state index contributed by atoms with van der Waals surface area (Å²) in [5.41, 5.74) is 6.48. The second-order valence-corrected chi connectivity index (χ2v) is 11.2. The van der Waals surface area contributed by atoms with Crippen LogP contribution >= 0.6 is 0 Å². The Morgan fingerprint density at radius 1 is 0.865 bits per heavy atom. The summed E-state index contributed by atoms with van der Waals surface area (Å²) in [7, 11) is 0. The number of hydrogen-bond donors (Lipinski definition) is 1. The van der Waals surface area contributed by atoms with Crippen molar-refractivity contribution in [1.82, 2.24) is 15.2 Å². The van der Waals surface area contributed by atoms with Gasteiger partial charge in [-0.05, 0) is 74.4 Å². The quantitative estimate of drug-likeness (QED) is 0.350. The van der Waals surface area contributed by atoms with Crippen LogP contribution in [0.3, 0.4) is 0 Å². The maximum atomic E-state index is 13.0. The molecule has 1 aromatic heterocycles. The van der Waals surface area contributed by atoms with Crippen LogP contribution < -0.4 is 5.32 Å². The second kappa shape index (κ2) is 12.4. The van der Waals surface area contributed by atoms with Crippen molar-refractivity contribution in [1.29, 1.82) is 0 Å². The van der Waals surface area contributed by atoms with Crippen LogP contribution in [-0.4, -0.2) is 27.6 Å². The van der Waals surface area contributed by atoms with Gasteiger partial charge in [-0.15, -0.1) is 0 Å². The molecular weight excluding hydrogens is 458 g/mol. The zero-order chi connectivity index (χ0) is 26.3. The van der Waals surface area contributed by atoms with Gasteiger partial charge in [-0.1, -0.05) is 73.9 Å². The van der Waals surface area contributed by atoms with Crippen LogP contribution in [0.15, 0.2) is 66.9 Å². The minimum absolute atomic E-state index is 0.202. The first-order chi connectivity index (χ1) is 17.8. The third-order valence-electron chi connectivity index (χ3n) is 6.87. The number of benzene rings is 2. The molecule has 0 spiro atoms. The third kappa shape index (κ3) is 8.16. The molecule has 1 aliphatic rings. The van der Waals surface area contributed by atoms with Crippen molar-refractivity contribution < 1.29 is 9.53 Å². The van der Waals surface area contributed by atoms with E-state index in [1.54, 1.807) is 0 Å². The highest BCUT2D eigenvalue weighted by molar-refractivity contribution is 5.69. The van der Waals surface area contributed by atoms with Crippen molar-refractivity contribution >= 4 is 6.09 Å². The summed E-state index contributed by atoms with van der Waals surface area (Å²) in [5.74, 6) is 0. The lowest BCUT2D eigenvalue weighted by molar-refractivity contribution is 0.00988. The van der Waals surface area contributed by atoms with Gasteiger partial charge >= 0.3 is 6.09 Å². The smallest absolute Gasteiger partial charge is 0.410 e. The van der Waals surface area contributed by atoms with E-state index < -0.39 is 5.60 Å². The molecule has 1 fully saturated rings. The fourth-order valence-electron chi connectivity index (χ4n) is 4.82. The highest BCUT2D eigenvalue weighted by Crippen LogP contribution is 2.27. The Morgan fingerprint density at radius 2 is 1.43 bits per heavy atom. The third-order valence-corrected chi connectivity index (χ3v) is 6.87. The van der Waals surface area contributed by atoms with Crippen LogP contribution in [0.25, 0.3) is 11.1 Å². The normalized spacial score (nSPS) is 14.4. The van der Waals surface area contributed by atoms with Crippen molar-refractivity contribution in [3.05, 3.63) is 89.2 Å². The Kier molecular flexibility index (Phi) is 8.99. The van der Waals surface area contributed by atoms with Crippen LogP contribution in [-0.2, 0) is 24.4 Å². The maximum absolute atomic E-state index is 13.0. The van der Waals surface area contributed by atoms with Gasteiger partial charge in [-0.25, -0.2) is 4.79 Å². The number of carbonyl (C=O) groups is 1. The van der Waals surface area contributed by atoms with E-state index in [1.807, 2.05) is 44.9 Å². The van der Waals surface area contributed by atoms with Crippen LogP contribution in [0.1, 0.15) is 75.3 Å². The summed E-state index contributed by atoms with van der Waals surface area (Å²) in [6, 6.07) is 21.7. The van der Waals surface area contributed by atoms with Gasteiger partial charge in [-0.2, -0.15) is 0 Å². The number of carbonyl (C=O) groups excluding carboxylic acids is 1. The molecule has 37 heavy (non-hydrogen) atoms. The van der Waals surface area contributed by atoms with Crippen LogP contribution in [0, 0.1) is 6.92 Å². The van der Waals surface area contributed by atoms with E-state index in [-0.39, 0.29) is 12.1 Å². The average molecular weight is 500 g/mol. The van der Waals surface area contributed by atoms with Crippen molar-refractivity contribution in [3.63, 3.8) is 0 Å². The predicted molar refractivity (Wildman–Crippen MR) is 150 cm³/mol. The number of pyridine rings is 1. The Bertz CT molecular complexity index is 1130. The fraction of sp³-hybridized carbons (Fsp3) is 0.438. The highest BCUT2D eigenvalue weighted by Gasteiger charge is 2.29. The molecule has 1 N–H and O–H groups in total. The van der Waals surface area contributed by atoms with Gasteiger partial charge < -0.3 is 15.0 Å². The molecule has 0 radical (unpaired) electrons. The summed E-state index contributed by atoms with van der Waals surface area (Å²) in [6.45, 7) is 10.0. The monoisotopic (exact) mass is 499 g/mol. The van der Waals surface area contributed by atoms with Gasteiger partial charge in [0.2, 0.25) is 0 Å². The van der Waals surface area contributed by atoms with Crippen molar-refractivity contribution in [3.8, 4) is 11.1 Å². The molecule has 0 atom stereocenters. The lowest BCUT2D eigenvalue weighted by atomic mass is 9.94. The summed E-state index contributed by atoms with van der Waals surface area (Å²) >= 11 is 0. The lowest BCUT2D eigenvalue weighted by Gasteiger charge is -2.35. The van der Waals surface area contributed by atoms with Gasteiger partial charge in [0.15, 0.2) is 0 Å². The Hall–Kier alpha value is -3.18. The topological polar surface area (TPSA) is 54.5 Å². The van der Waals surface area contributed by atoms with Crippen LogP contribution in [0.5, 0.6) is 0 Å². The summed E-state index contributed by atoms with van der Waals surface area (Å²) in [6.07, 6.45) is 7.45. The number of amides is 1. The number of rotatable bonds is 8. The van der Waals surface area contributed by atoms with Crippen molar-refractivity contribution in [2.75, 3.05) is 0 Å². The van der Waals surface area contributed by atoms with E-state index in [0.29, 0.717) is 6.54 Å². The average Bonchev–Trinajstić information content (AvgIpc) is 2.89. The van der Waals surface area contributed by atoms with E-state index in [1.165, 1.54) is 41.5 Å². The summed E-state index contributed by atoms with van der Waals surface area (Å²) < 4.78 is 5.77. The zero-order valence-electron chi connectivity index (χ0n) is 22.8. The molecule has 4 rings (SSSR count). The molecule has 3 aromatic rings. The highest BCUT2D eigenvalue weighted by atomic mass is 16.6. The number of aromatic nitrogens is 1. The predicted octanol–water partition coefficient (Wildman–Crippen LogP) is 7.42. The summed E-state index contributed by atoms with van der Waals surface area (Å²) in [5, 5.41) is 3.49. The Balaban J connectivity index is 1.36. The van der Waals surface area contributed by atoms with E-state index in [9.17, 15) is 4.79 Å². The van der Waals surface area contributed by atoms with Gasteiger partial charge in [0.25, 0.3) is 0 Å². The van der Waals surface area contributed by atoms with Gasteiger partial charge in [-0.3, -0.25) is 4.98 Å². The van der Waals surface area contributed by atoms with Gasteiger partial charge in [0.1, 0.15) is 5.60 Å². The molecule has 1 amide bonds. The van der Waals surface area contributed by atoms with Gasteiger partial charge in [0.05, 0.1) is 0 Å². The molecular formula is C32H41N3O2.